The van der Waals surface area contributed by atoms with Crippen LogP contribution in [-0.4, -0.2) is 41.5 Å². The molecule has 1 unspecified atom stereocenters. The molecule has 2 N–H and O–H groups in total. The number of halogens is 1. The van der Waals surface area contributed by atoms with Gasteiger partial charge in [0.25, 0.3) is 0 Å². The van der Waals surface area contributed by atoms with Gasteiger partial charge in [-0.2, -0.15) is 5.10 Å². The average molecular weight is 333 g/mol. The van der Waals surface area contributed by atoms with Gasteiger partial charge in [0.2, 0.25) is 0 Å². The van der Waals surface area contributed by atoms with Gasteiger partial charge in [-0.3, -0.25) is 4.68 Å². The summed E-state index contributed by atoms with van der Waals surface area (Å²) < 4.78 is 20.7. The molecule has 6 nitrogen and oxygen atoms in total. The van der Waals surface area contributed by atoms with Crippen molar-refractivity contribution in [3.63, 3.8) is 0 Å². The Morgan fingerprint density at radius 2 is 2.25 bits per heavy atom. The molecular formula is C17H24FN5O. The summed E-state index contributed by atoms with van der Waals surface area (Å²) in [6, 6.07) is 8.01. The fourth-order valence-electron chi connectivity index (χ4n) is 2.09. The zero-order chi connectivity index (χ0) is 17.2. The summed E-state index contributed by atoms with van der Waals surface area (Å²) in [5.41, 5.74) is 0. The highest BCUT2D eigenvalue weighted by Gasteiger charge is 2.05. The van der Waals surface area contributed by atoms with E-state index >= 15 is 0 Å². The van der Waals surface area contributed by atoms with E-state index in [4.69, 9.17) is 4.74 Å². The molecule has 7 heteroatoms. The minimum Gasteiger partial charge on any atom is -0.489 e. The molecule has 0 aliphatic heterocycles. The number of nitrogens with zero attached hydrogens (tertiary/aromatic N) is 3. The van der Waals surface area contributed by atoms with Crippen molar-refractivity contribution in [3.8, 4) is 5.75 Å². The van der Waals surface area contributed by atoms with E-state index < -0.39 is 0 Å². The highest BCUT2D eigenvalue weighted by atomic mass is 19.1. The van der Waals surface area contributed by atoms with Crippen LogP contribution in [0.4, 0.5) is 4.39 Å². The predicted octanol–water partition coefficient (Wildman–Crippen LogP) is 2.04. The van der Waals surface area contributed by atoms with Crippen LogP contribution < -0.4 is 15.4 Å². The number of aromatic nitrogens is 2. The number of hydrogen-bond acceptors (Lipinski definition) is 3. The first-order valence-electron chi connectivity index (χ1n) is 8.09. The molecule has 1 aromatic heterocycles. The maximum Gasteiger partial charge on any atom is 0.191 e. The smallest absolute Gasteiger partial charge is 0.191 e. The van der Waals surface area contributed by atoms with E-state index in [9.17, 15) is 4.39 Å². The summed E-state index contributed by atoms with van der Waals surface area (Å²) in [6.45, 7) is 6.62. The number of benzene rings is 1. The molecule has 0 spiro atoms. The van der Waals surface area contributed by atoms with Crippen LogP contribution in [0.15, 0.2) is 47.7 Å². The highest BCUT2D eigenvalue weighted by Crippen LogP contribution is 2.13. The number of rotatable bonds is 8. The van der Waals surface area contributed by atoms with Crippen LogP contribution in [-0.2, 0) is 6.54 Å². The monoisotopic (exact) mass is 333 g/mol. The second-order valence-electron chi connectivity index (χ2n) is 5.30. The SMILES string of the molecule is CCNC(=NCC(C)Oc1cccc(F)c1)NCCn1cccn1. The third-order valence-corrected chi connectivity index (χ3v) is 3.18. The zero-order valence-corrected chi connectivity index (χ0v) is 14.1. The minimum absolute atomic E-state index is 0.159. The van der Waals surface area contributed by atoms with Gasteiger partial charge in [0, 0.05) is 31.5 Å². The highest BCUT2D eigenvalue weighted by molar-refractivity contribution is 5.79. The third kappa shape index (κ3) is 6.28. The van der Waals surface area contributed by atoms with Crippen molar-refractivity contribution in [2.24, 2.45) is 4.99 Å². The molecule has 0 aliphatic carbocycles. The Hall–Kier alpha value is -2.57. The Morgan fingerprint density at radius 1 is 1.38 bits per heavy atom. The number of nitrogens with one attached hydrogen (secondary N) is 2. The van der Waals surface area contributed by atoms with Crippen LogP contribution in [0.3, 0.4) is 0 Å². The molecule has 1 heterocycles. The lowest BCUT2D eigenvalue weighted by Gasteiger charge is -2.15. The summed E-state index contributed by atoms with van der Waals surface area (Å²) in [5.74, 6) is 0.922. The lowest BCUT2D eigenvalue weighted by Crippen LogP contribution is -2.39. The molecule has 24 heavy (non-hydrogen) atoms. The summed E-state index contributed by atoms with van der Waals surface area (Å²) in [4.78, 5) is 4.50. The van der Waals surface area contributed by atoms with E-state index in [2.05, 4.69) is 20.7 Å². The van der Waals surface area contributed by atoms with Crippen LogP contribution >= 0.6 is 0 Å². The molecule has 1 atom stereocenters. The van der Waals surface area contributed by atoms with Crippen molar-refractivity contribution in [1.29, 1.82) is 0 Å². The van der Waals surface area contributed by atoms with Crippen molar-refractivity contribution in [1.82, 2.24) is 20.4 Å². The van der Waals surface area contributed by atoms with E-state index in [0.717, 1.165) is 19.0 Å². The Labute approximate surface area is 141 Å². The average Bonchev–Trinajstić information content (AvgIpc) is 3.06. The molecule has 2 aromatic rings. The van der Waals surface area contributed by atoms with Gasteiger partial charge in [0.1, 0.15) is 17.7 Å². The summed E-state index contributed by atoms with van der Waals surface area (Å²) in [6.07, 6.45) is 3.51. The van der Waals surface area contributed by atoms with Crippen molar-refractivity contribution in [3.05, 3.63) is 48.5 Å². The van der Waals surface area contributed by atoms with Gasteiger partial charge in [-0.1, -0.05) is 6.07 Å². The topological polar surface area (TPSA) is 63.5 Å². The van der Waals surface area contributed by atoms with E-state index in [-0.39, 0.29) is 11.9 Å². The van der Waals surface area contributed by atoms with Gasteiger partial charge >= 0.3 is 0 Å². The Kier molecular flexibility index (Phi) is 7.07. The van der Waals surface area contributed by atoms with Gasteiger partial charge in [-0.25, -0.2) is 9.38 Å². The number of guanidine groups is 1. The lowest BCUT2D eigenvalue weighted by molar-refractivity contribution is 0.229. The van der Waals surface area contributed by atoms with Crippen molar-refractivity contribution < 1.29 is 9.13 Å². The second-order valence-corrected chi connectivity index (χ2v) is 5.30. The predicted molar refractivity (Wildman–Crippen MR) is 92.7 cm³/mol. The number of ether oxygens (including phenoxy) is 1. The number of aliphatic imine (C=N–C) groups is 1. The van der Waals surface area contributed by atoms with Crippen LogP contribution in [0.25, 0.3) is 0 Å². The maximum atomic E-state index is 13.2. The van der Waals surface area contributed by atoms with E-state index in [0.29, 0.717) is 18.8 Å². The Morgan fingerprint density at radius 3 is 2.96 bits per heavy atom. The van der Waals surface area contributed by atoms with Crippen LogP contribution in [0.2, 0.25) is 0 Å². The van der Waals surface area contributed by atoms with Gasteiger partial charge < -0.3 is 15.4 Å². The first kappa shape index (κ1) is 17.8. The van der Waals surface area contributed by atoms with Gasteiger partial charge in [-0.05, 0) is 32.0 Å². The summed E-state index contributed by atoms with van der Waals surface area (Å²) in [7, 11) is 0. The van der Waals surface area contributed by atoms with Gasteiger partial charge in [-0.15, -0.1) is 0 Å². The largest absolute Gasteiger partial charge is 0.489 e. The van der Waals surface area contributed by atoms with E-state index in [1.54, 1.807) is 18.3 Å². The molecule has 0 radical (unpaired) electrons. The normalized spacial score (nSPS) is 12.7. The molecule has 2 rings (SSSR count). The van der Waals surface area contributed by atoms with Crippen LogP contribution in [0.5, 0.6) is 5.75 Å². The molecule has 130 valence electrons. The van der Waals surface area contributed by atoms with Crippen LogP contribution in [0, 0.1) is 5.82 Å². The van der Waals surface area contributed by atoms with E-state index in [1.807, 2.05) is 30.8 Å². The summed E-state index contributed by atoms with van der Waals surface area (Å²) >= 11 is 0. The molecule has 0 aliphatic rings. The quantitative estimate of drug-likeness (QED) is 0.573. The van der Waals surface area contributed by atoms with Crippen LogP contribution in [0.1, 0.15) is 13.8 Å². The first-order valence-corrected chi connectivity index (χ1v) is 8.09. The second kappa shape index (κ2) is 9.54. The number of hydrogen-bond donors (Lipinski definition) is 2. The Bertz CT molecular complexity index is 630. The fourth-order valence-corrected chi connectivity index (χ4v) is 2.09. The Balaban J connectivity index is 1.80. The molecule has 0 bridgehead atoms. The summed E-state index contributed by atoms with van der Waals surface area (Å²) in [5, 5.41) is 10.6. The van der Waals surface area contributed by atoms with Crippen molar-refractivity contribution in [2.45, 2.75) is 26.5 Å². The standard InChI is InChI=1S/C17H24FN5O/c1-3-19-17(20-9-11-23-10-5-8-22-23)21-13-14(2)24-16-7-4-6-15(18)12-16/h4-8,10,12,14H,3,9,11,13H2,1-2H3,(H2,19,20,21). The molecule has 0 saturated heterocycles. The molecule has 0 amide bonds. The fraction of sp³-hybridized carbons (Fsp3) is 0.412. The zero-order valence-electron chi connectivity index (χ0n) is 14.1. The molecule has 0 saturated carbocycles. The minimum atomic E-state index is -0.308. The molecular weight excluding hydrogens is 309 g/mol. The molecule has 0 fully saturated rings. The third-order valence-electron chi connectivity index (χ3n) is 3.18. The maximum absolute atomic E-state index is 13.2. The van der Waals surface area contributed by atoms with E-state index in [1.165, 1.54) is 12.1 Å². The lowest BCUT2D eigenvalue weighted by atomic mass is 10.3. The molecule has 1 aromatic carbocycles. The van der Waals surface area contributed by atoms with Crippen molar-refractivity contribution >= 4 is 5.96 Å². The first-order chi connectivity index (χ1) is 11.7. The van der Waals surface area contributed by atoms with Gasteiger partial charge in [0.15, 0.2) is 5.96 Å². The van der Waals surface area contributed by atoms with Gasteiger partial charge in [0.05, 0.1) is 13.1 Å². The van der Waals surface area contributed by atoms with Crippen molar-refractivity contribution in [2.75, 3.05) is 19.6 Å².